The lowest BCUT2D eigenvalue weighted by molar-refractivity contribution is 0.609. The molecule has 1 aromatic carbocycles. The Labute approximate surface area is 107 Å². The number of rotatable bonds is 3. The molecule has 0 aromatic heterocycles. The van der Waals surface area contributed by atoms with E-state index in [0.717, 1.165) is 4.47 Å². The normalized spacial score (nSPS) is 13.8. The largest absolute Gasteiger partial charge is 0.259 e. The van der Waals surface area contributed by atoms with Crippen molar-refractivity contribution in [3.63, 3.8) is 0 Å². The molecule has 4 heteroatoms. The standard InChI is InChI=1S/C12H16BrFOS/c1-12(2,3)16(15)7-6-9-4-5-10(13)8-11(9)14/h4-5,8H,6-7H2,1-3H3. The van der Waals surface area contributed by atoms with Gasteiger partial charge in [0.2, 0.25) is 0 Å². The van der Waals surface area contributed by atoms with E-state index >= 15 is 0 Å². The summed E-state index contributed by atoms with van der Waals surface area (Å²) < 4.78 is 25.8. The maximum atomic E-state index is 13.5. The van der Waals surface area contributed by atoms with Crippen LogP contribution in [-0.2, 0) is 17.2 Å². The van der Waals surface area contributed by atoms with Crippen LogP contribution in [0.15, 0.2) is 22.7 Å². The second-order valence-electron chi connectivity index (χ2n) is 4.65. The van der Waals surface area contributed by atoms with Gasteiger partial charge in [-0.15, -0.1) is 0 Å². The molecule has 0 aliphatic carbocycles. The van der Waals surface area contributed by atoms with E-state index < -0.39 is 10.8 Å². The third kappa shape index (κ3) is 3.98. The summed E-state index contributed by atoms with van der Waals surface area (Å²) in [4.78, 5) is 0. The Balaban J connectivity index is 2.65. The zero-order chi connectivity index (χ0) is 12.3. The molecule has 0 amide bonds. The minimum atomic E-state index is -0.930. The van der Waals surface area contributed by atoms with E-state index in [4.69, 9.17) is 0 Å². The zero-order valence-corrected chi connectivity index (χ0v) is 12.1. The Morgan fingerprint density at radius 1 is 1.38 bits per heavy atom. The van der Waals surface area contributed by atoms with Crippen LogP contribution < -0.4 is 0 Å². The minimum absolute atomic E-state index is 0.230. The van der Waals surface area contributed by atoms with Crippen LogP contribution in [0, 0.1) is 5.82 Å². The third-order valence-electron chi connectivity index (χ3n) is 2.25. The summed E-state index contributed by atoms with van der Waals surface area (Å²) in [5, 5.41) is 0. The van der Waals surface area contributed by atoms with E-state index in [9.17, 15) is 8.60 Å². The summed E-state index contributed by atoms with van der Waals surface area (Å²) in [6.07, 6.45) is 0.517. The highest BCUT2D eigenvalue weighted by molar-refractivity contribution is 9.10. The lowest BCUT2D eigenvalue weighted by atomic mass is 10.2. The molecular weight excluding hydrogens is 291 g/mol. The molecule has 0 spiro atoms. The van der Waals surface area contributed by atoms with E-state index in [-0.39, 0.29) is 10.6 Å². The van der Waals surface area contributed by atoms with Gasteiger partial charge in [-0.1, -0.05) is 22.0 Å². The van der Waals surface area contributed by atoms with Crippen LogP contribution in [-0.4, -0.2) is 14.7 Å². The molecule has 1 rings (SSSR count). The highest BCUT2D eigenvalue weighted by Crippen LogP contribution is 2.18. The first kappa shape index (κ1) is 13.8. The van der Waals surface area contributed by atoms with Gasteiger partial charge in [0.15, 0.2) is 0 Å². The Morgan fingerprint density at radius 3 is 2.50 bits per heavy atom. The topological polar surface area (TPSA) is 17.1 Å². The molecule has 0 saturated heterocycles. The summed E-state index contributed by atoms with van der Waals surface area (Å²) in [7, 11) is -0.930. The summed E-state index contributed by atoms with van der Waals surface area (Å²) in [6.45, 7) is 5.79. The fraction of sp³-hybridized carbons (Fsp3) is 0.500. The fourth-order valence-corrected chi connectivity index (χ4v) is 2.58. The summed E-state index contributed by atoms with van der Waals surface area (Å²) in [5.74, 6) is 0.266. The van der Waals surface area contributed by atoms with Crippen molar-refractivity contribution < 1.29 is 8.60 Å². The molecule has 1 unspecified atom stereocenters. The van der Waals surface area contributed by atoms with Crippen molar-refractivity contribution in [2.24, 2.45) is 0 Å². The van der Waals surface area contributed by atoms with Crippen LogP contribution in [0.1, 0.15) is 26.3 Å². The molecule has 0 heterocycles. The average molecular weight is 307 g/mol. The smallest absolute Gasteiger partial charge is 0.127 e. The van der Waals surface area contributed by atoms with Crippen molar-refractivity contribution in [2.45, 2.75) is 31.9 Å². The lowest BCUT2D eigenvalue weighted by Crippen LogP contribution is -2.25. The molecular formula is C12H16BrFOS. The predicted octanol–water partition coefficient (Wildman–Crippen LogP) is 3.68. The van der Waals surface area contributed by atoms with Gasteiger partial charge in [-0.05, 0) is 44.9 Å². The van der Waals surface area contributed by atoms with Gasteiger partial charge < -0.3 is 0 Å². The Bertz CT molecular complexity index is 398. The van der Waals surface area contributed by atoms with E-state index in [1.807, 2.05) is 20.8 Å². The van der Waals surface area contributed by atoms with E-state index in [1.165, 1.54) is 6.07 Å². The summed E-state index contributed by atoms with van der Waals surface area (Å²) in [6, 6.07) is 4.98. The SMILES string of the molecule is CC(C)(C)S(=O)CCc1ccc(Br)cc1F. The molecule has 1 aromatic rings. The van der Waals surface area contributed by atoms with Crippen LogP contribution in [0.4, 0.5) is 4.39 Å². The van der Waals surface area contributed by atoms with Crippen molar-refractivity contribution in [3.8, 4) is 0 Å². The first-order chi connectivity index (χ1) is 7.30. The van der Waals surface area contributed by atoms with Gasteiger partial charge in [-0.25, -0.2) is 4.39 Å². The minimum Gasteiger partial charge on any atom is -0.259 e. The van der Waals surface area contributed by atoms with Gasteiger partial charge in [0.05, 0.1) is 0 Å². The number of halogens is 2. The number of hydrogen-bond acceptors (Lipinski definition) is 1. The predicted molar refractivity (Wildman–Crippen MR) is 70.6 cm³/mol. The molecule has 0 N–H and O–H groups in total. The van der Waals surface area contributed by atoms with Crippen LogP contribution in [0.25, 0.3) is 0 Å². The van der Waals surface area contributed by atoms with Crippen LogP contribution >= 0.6 is 15.9 Å². The van der Waals surface area contributed by atoms with Crippen LogP contribution in [0.2, 0.25) is 0 Å². The van der Waals surface area contributed by atoms with Gasteiger partial charge in [-0.2, -0.15) is 0 Å². The molecule has 0 aliphatic rings. The van der Waals surface area contributed by atoms with Crippen molar-refractivity contribution >= 4 is 26.7 Å². The molecule has 0 radical (unpaired) electrons. The highest BCUT2D eigenvalue weighted by atomic mass is 79.9. The van der Waals surface area contributed by atoms with Crippen LogP contribution in [0.3, 0.4) is 0 Å². The van der Waals surface area contributed by atoms with Gasteiger partial charge in [0.1, 0.15) is 5.82 Å². The number of hydrogen-bond donors (Lipinski definition) is 0. The lowest BCUT2D eigenvalue weighted by Gasteiger charge is -2.17. The fourth-order valence-electron chi connectivity index (χ4n) is 1.23. The van der Waals surface area contributed by atoms with Gasteiger partial charge >= 0.3 is 0 Å². The second kappa shape index (κ2) is 5.41. The highest BCUT2D eigenvalue weighted by Gasteiger charge is 2.19. The molecule has 0 saturated carbocycles. The molecule has 1 atom stereocenters. The monoisotopic (exact) mass is 306 g/mol. The average Bonchev–Trinajstić information content (AvgIpc) is 2.14. The molecule has 0 bridgehead atoms. The summed E-state index contributed by atoms with van der Waals surface area (Å²) in [5.41, 5.74) is 0.626. The number of benzene rings is 1. The van der Waals surface area contributed by atoms with Crippen LogP contribution in [0.5, 0.6) is 0 Å². The third-order valence-corrected chi connectivity index (χ3v) is 4.69. The maximum absolute atomic E-state index is 13.5. The van der Waals surface area contributed by atoms with Crippen molar-refractivity contribution in [1.29, 1.82) is 0 Å². The second-order valence-corrected chi connectivity index (χ2v) is 7.89. The van der Waals surface area contributed by atoms with E-state index in [0.29, 0.717) is 17.7 Å². The Kier molecular flexibility index (Phi) is 4.68. The number of aryl methyl sites for hydroxylation is 1. The van der Waals surface area contributed by atoms with Gasteiger partial charge in [0.25, 0.3) is 0 Å². The first-order valence-corrected chi connectivity index (χ1v) is 7.24. The maximum Gasteiger partial charge on any atom is 0.127 e. The van der Waals surface area contributed by atoms with Crippen molar-refractivity contribution in [3.05, 3.63) is 34.1 Å². The molecule has 16 heavy (non-hydrogen) atoms. The first-order valence-electron chi connectivity index (χ1n) is 5.13. The quantitative estimate of drug-likeness (QED) is 0.832. The molecule has 0 fully saturated rings. The van der Waals surface area contributed by atoms with Gasteiger partial charge in [0, 0.05) is 25.8 Å². The molecule has 0 aliphatic heterocycles. The van der Waals surface area contributed by atoms with E-state index in [2.05, 4.69) is 15.9 Å². The molecule has 1 nitrogen and oxygen atoms in total. The van der Waals surface area contributed by atoms with E-state index in [1.54, 1.807) is 12.1 Å². The Morgan fingerprint density at radius 2 is 2.00 bits per heavy atom. The summed E-state index contributed by atoms with van der Waals surface area (Å²) >= 11 is 3.21. The van der Waals surface area contributed by atoms with Crippen molar-refractivity contribution in [2.75, 3.05) is 5.75 Å². The Hall–Kier alpha value is -0.220. The zero-order valence-electron chi connectivity index (χ0n) is 9.72. The van der Waals surface area contributed by atoms with Crippen molar-refractivity contribution in [1.82, 2.24) is 0 Å². The van der Waals surface area contributed by atoms with Gasteiger partial charge in [-0.3, -0.25) is 4.21 Å². The molecule has 90 valence electrons.